The summed E-state index contributed by atoms with van der Waals surface area (Å²) in [4.78, 5) is 0. The van der Waals surface area contributed by atoms with Crippen molar-refractivity contribution in [1.29, 1.82) is 5.41 Å². The number of amidine groups is 1. The summed E-state index contributed by atoms with van der Waals surface area (Å²) in [5.41, 5.74) is 7.27. The van der Waals surface area contributed by atoms with Crippen LogP contribution in [-0.4, -0.2) is 10.3 Å². The van der Waals surface area contributed by atoms with Crippen molar-refractivity contribution in [3.63, 3.8) is 0 Å². The van der Waals surface area contributed by atoms with E-state index in [0.29, 0.717) is 12.2 Å². The molecule has 0 bridgehead atoms. The molecule has 0 aliphatic carbocycles. The van der Waals surface area contributed by atoms with E-state index in [1.54, 1.807) is 0 Å². The lowest BCUT2D eigenvalue weighted by molar-refractivity contribution is 0.173. The summed E-state index contributed by atoms with van der Waals surface area (Å²) in [6, 6.07) is 7.73. The standard InChI is InChI=1S/C11H16N2OS/c1-2-10(14)9-6-4-3-5-8(9)7-15-11(12)13/h3-6,10,14H,2,7H2,1H3,(H3,12,13). The molecule has 0 fully saturated rings. The van der Waals surface area contributed by atoms with E-state index in [1.807, 2.05) is 31.2 Å². The fourth-order valence-electron chi connectivity index (χ4n) is 1.37. The van der Waals surface area contributed by atoms with Crippen molar-refractivity contribution < 1.29 is 5.11 Å². The van der Waals surface area contributed by atoms with Crippen molar-refractivity contribution >= 4 is 16.9 Å². The Labute approximate surface area is 94.2 Å². The van der Waals surface area contributed by atoms with Gasteiger partial charge in [-0.25, -0.2) is 0 Å². The number of benzene rings is 1. The largest absolute Gasteiger partial charge is 0.388 e. The highest BCUT2D eigenvalue weighted by Gasteiger charge is 2.09. The smallest absolute Gasteiger partial charge is 0.151 e. The minimum Gasteiger partial charge on any atom is -0.388 e. The topological polar surface area (TPSA) is 70.1 Å². The molecule has 1 aromatic carbocycles. The maximum absolute atomic E-state index is 9.78. The first-order valence-corrected chi connectivity index (χ1v) is 5.86. The van der Waals surface area contributed by atoms with Crippen molar-refractivity contribution in [2.75, 3.05) is 0 Å². The second-order valence-electron chi connectivity index (χ2n) is 3.28. The molecular weight excluding hydrogens is 208 g/mol. The molecule has 0 saturated heterocycles. The van der Waals surface area contributed by atoms with Gasteiger partial charge in [0.1, 0.15) is 0 Å². The summed E-state index contributed by atoms with van der Waals surface area (Å²) in [6.45, 7) is 1.94. The summed E-state index contributed by atoms with van der Waals surface area (Å²) < 4.78 is 0. The van der Waals surface area contributed by atoms with Crippen LogP contribution in [0.25, 0.3) is 0 Å². The molecule has 4 N–H and O–H groups in total. The van der Waals surface area contributed by atoms with Crippen LogP contribution in [0.15, 0.2) is 24.3 Å². The summed E-state index contributed by atoms with van der Waals surface area (Å²) >= 11 is 1.28. The Morgan fingerprint density at radius 3 is 2.80 bits per heavy atom. The average Bonchev–Trinajstić information content (AvgIpc) is 2.25. The number of rotatable bonds is 4. The Hall–Kier alpha value is -1.00. The third kappa shape index (κ3) is 3.57. The number of aliphatic hydroxyl groups is 1. The van der Waals surface area contributed by atoms with Crippen LogP contribution in [0.5, 0.6) is 0 Å². The highest BCUT2D eigenvalue weighted by atomic mass is 32.2. The quantitative estimate of drug-likeness (QED) is 0.542. The van der Waals surface area contributed by atoms with Gasteiger partial charge in [0.25, 0.3) is 0 Å². The van der Waals surface area contributed by atoms with Gasteiger partial charge in [-0.15, -0.1) is 0 Å². The highest BCUT2D eigenvalue weighted by molar-refractivity contribution is 8.13. The lowest BCUT2D eigenvalue weighted by Gasteiger charge is -2.13. The molecule has 1 aromatic rings. The minimum absolute atomic E-state index is 0.107. The third-order valence-electron chi connectivity index (χ3n) is 2.18. The summed E-state index contributed by atoms with van der Waals surface area (Å²) in [5.74, 6) is 0.641. The van der Waals surface area contributed by atoms with Gasteiger partial charge >= 0.3 is 0 Å². The lowest BCUT2D eigenvalue weighted by Crippen LogP contribution is -2.05. The molecule has 0 amide bonds. The normalized spacial score (nSPS) is 12.4. The molecule has 0 heterocycles. The molecular formula is C11H16N2OS. The number of hydrogen-bond donors (Lipinski definition) is 3. The van der Waals surface area contributed by atoms with E-state index in [1.165, 1.54) is 11.8 Å². The summed E-state index contributed by atoms with van der Waals surface area (Å²) in [5, 5.41) is 17.0. The van der Waals surface area contributed by atoms with Gasteiger partial charge in [0.05, 0.1) is 6.10 Å². The van der Waals surface area contributed by atoms with Crippen molar-refractivity contribution in [2.45, 2.75) is 25.2 Å². The molecule has 1 atom stereocenters. The van der Waals surface area contributed by atoms with Gasteiger partial charge in [-0.3, -0.25) is 5.41 Å². The summed E-state index contributed by atoms with van der Waals surface area (Å²) in [6.07, 6.45) is 0.274. The average molecular weight is 224 g/mol. The van der Waals surface area contributed by atoms with Crippen LogP contribution in [0.1, 0.15) is 30.6 Å². The monoisotopic (exact) mass is 224 g/mol. The highest BCUT2D eigenvalue weighted by Crippen LogP contribution is 2.23. The van der Waals surface area contributed by atoms with Gasteiger partial charge in [-0.2, -0.15) is 0 Å². The molecule has 15 heavy (non-hydrogen) atoms. The van der Waals surface area contributed by atoms with Gasteiger partial charge < -0.3 is 10.8 Å². The predicted molar refractivity (Wildman–Crippen MR) is 64.9 cm³/mol. The molecule has 0 saturated carbocycles. The van der Waals surface area contributed by atoms with Gasteiger partial charge in [-0.1, -0.05) is 43.0 Å². The van der Waals surface area contributed by atoms with Gasteiger partial charge in [0.15, 0.2) is 5.17 Å². The Morgan fingerprint density at radius 2 is 2.20 bits per heavy atom. The van der Waals surface area contributed by atoms with E-state index in [-0.39, 0.29) is 5.17 Å². The molecule has 0 aromatic heterocycles. The Bertz CT molecular complexity index is 341. The van der Waals surface area contributed by atoms with E-state index in [9.17, 15) is 5.11 Å². The fraction of sp³-hybridized carbons (Fsp3) is 0.364. The number of nitrogens with one attached hydrogen (secondary N) is 1. The van der Waals surface area contributed by atoms with E-state index in [2.05, 4.69) is 0 Å². The van der Waals surface area contributed by atoms with E-state index in [4.69, 9.17) is 11.1 Å². The predicted octanol–water partition coefficient (Wildman–Crippen LogP) is 2.26. The van der Waals surface area contributed by atoms with Crippen LogP contribution < -0.4 is 5.73 Å². The second kappa shape index (κ2) is 5.78. The Balaban J connectivity index is 2.81. The van der Waals surface area contributed by atoms with Crippen molar-refractivity contribution in [2.24, 2.45) is 5.73 Å². The molecule has 0 radical (unpaired) electrons. The van der Waals surface area contributed by atoms with Crippen LogP contribution in [0.4, 0.5) is 0 Å². The van der Waals surface area contributed by atoms with Gasteiger partial charge in [-0.05, 0) is 17.5 Å². The van der Waals surface area contributed by atoms with Crippen LogP contribution >= 0.6 is 11.8 Å². The maximum atomic E-state index is 9.78. The maximum Gasteiger partial charge on any atom is 0.151 e. The zero-order valence-corrected chi connectivity index (χ0v) is 9.55. The molecule has 82 valence electrons. The summed E-state index contributed by atoms with van der Waals surface area (Å²) in [7, 11) is 0. The Kier molecular flexibility index (Phi) is 4.65. The molecule has 0 spiro atoms. The van der Waals surface area contributed by atoms with E-state index >= 15 is 0 Å². The van der Waals surface area contributed by atoms with Crippen molar-refractivity contribution in [3.05, 3.63) is 35.4 Å². The molecule has 0 aliphatic rings. The first-order chi connectivity index (χ1) is 7.15. The molecule has 0 aliphatic heterocycles. The van der Waals surface area contributed by atoms with Crippen LogP contribution in [0.3, 0.4) is 0 Å². The third-order valence-corrected chi connectivity index (χ3v) is 2.95. The molecule has 3 nitrogen and oxygen atoms in total. The lowest BCUT2D eigenvalue weighted by atomic mass is 10.0. The Morgan fingerprint density at radius 1 is 1.53 bits per heavy atom. The SMILES string of the molecule is CCC(O)c1ccccc1CSC(=N)N. The molecule has 1 rings (SSSR count). The zero-order chi connectivity index (χ0) is 11.3. The zero-order valence-electron chi connectivity index (χ0n) is 8.73. The van der Waals surface area contributed by atoms with Crippen molar-refractivity contribution in [1.82, 2.24) is 0 Å². The number of hydrogen-bond acceptors (Lipinski definition) is 3. The van der Waals surface area contributed by atoms with Crippen LogP contribution in [-0.2, 0) is 5.75 Å². The fourth-order valence-corrected chi connectivity index (χ4v) is 1.94. The molecule has 1 unspecified atom stereocenters. The van der Waals surface area contributed by atoms with Gasteiger partial charge in [0.2, 0.25) is 0 Å². The minimum atomic E-state index is -0.422. The van der Waals surface area contributed by atoms with E-state index in [0.717, 1.165) is 11.1 Å². The first-order valence-electron chi connectivity index (χ1n) is 4.87. The first kappa shape index (κ1) is 12.1. The van der Waals surface area contributed by atoms with Crippen LogP contribution in [0, 0.1) is 5.41 Å². The number of thioether (sulfide) groups is 1. The van der Waals surface area contributed by atoms with Crippen molar-refractivity contribution in [3.8, 4) is 0 Å². The van der Waals surface area contributed by atoms with Crippen LogP contribution in [0.2, 0.25) is 0 Å². The molecule has 4 heteroatoms. The van der Waals surface area contributed by atoms with E-state index < -0.39 is 6.10 Å². The second-order valence-corrected chi connectivity index (χ2v) is 4.29. The number of nitrogens with two attached hydrogens (primary N) is 1. The van der Waals surface area contributed by atoms with Gasteiger partial charge in [0, 0.05) is 5.75 Å². The number of aliphatic hydroxyl groups excluding tert-OH is 1.